The normalized spacial score (nSPS) is 22.8. The molecule has 0 saturated heterocycles. The maximum Gasteiger partial charge on any atom is 0.433 e. The molecule has 2 saturated carbocycles. The van der Waals surface area contributed by atoms with Crippen molar-refractivity contribution in [3.05, 3.63) is 81.8 Å². The van der Waals surface area contributed by atoms with Crippen LogP contribution in [-0.2, 0) is 13.2 Å². The van der Waals surface area contributed by atoms with Gasteiger partial charge in [-0.3, -0.25) is 14.3 Å². The molecule has 196 valence electrons. The Morgan fingerprint density at radius 2 is 1.79 bits per heavy atom. The molecule has 4 aromatic rings. The number of hydrogen-bond acceptors (Lipinski definition) is 4. The molecule has 0 atom stereocenters. The molecule has 0 aliphatic heterocycles. The summed E-state index contributed by atoms with van der Waals surface area (Å²) in [4.78, 5) is 24.8. The monoisotopic (exact) mass is 525 g/mol. The van der Waals surface area contributed by atoms with Gasteiger partial charge in [-0.25, -0.2) is 9.49 Å². The number of fused-ring (bicyclic) bond motifs is 1. The van der Waals surface area contributed by atoms with Crippen molar-refractivity contribution < 1.29 is 22.4 Å². The van der Waals surface area contributed by atoms with Gasteiger partial charge in [0.05, 0.1) is 17.3 Å². The molecule has 0 radical (unpaired) electrons. The van der Waals surface area contributed by atoms with Crippen molar-refractivity contribution in [2.75, 3.05) is 0 Å². The highest BCUT2D eigenvalue weighted by Gasteiger charge is 2.54. The second-order valence-corrected chi connectivity index (χ2v) is 10.4. The lowest BCUT2D eigenvalue weighted by Crippen LogP contribution is -2.55. The van der Waals surface area contributed by atoms with Crippen molar-refractivity contribution in [3.8, 4) is 11.1 Å². The Labute approximate surface area is 213 Å². The number of nitrogens with zero attached hydrogens (tertiary/aromatic N) is 3. The van der Waals surface area contributed by atoms with E-state index < -0.39 is 23.6 Å². The van der Waals surface area contributed by atoms with E-state index in [0.29, 0.717) is 10.1 Å². The molecule has 2 N–H and O–H groups in total. The van der Waals surface area contributed by atoms with Crippen LogP contribution in [0.1, 0.15) is 53.3 Å². The molecular formula is C27H23F4N5O2. The number of H-pyrrole nitrogens is 1. The maximum absolute atomic E-state index is 14.8. The van der Waals surface area contributed by atoms with E-state index in [1.807, 2.05) is 18.2 Å². The third kappa shape index (κ3) is 3.97. The lowest BCUT2D eigenvalue weighted by Gasteiger charge is -2.57. The highest BCUT2D eigenvalue weighted by molar-refractivity contribution is 5.95. The molecule has 7 nitrogen and oxygen atoms in total. The molecule has 1 amide bonds. The van der Waals surface area contributed by atoms with Crippen LogP contribution in [0.4, 0.5) is 17.6 Å². The Kier molecular flexibility index (Phi) is 5.44. The Morgan fingerprint density at radius 3 is 2.47 bits per heavy atom. The molecule has 0 unspecified atom stereocenters. The third-order valence-electron chi connectivity index (χ3n) is 7.89. The van der Waals surface area contributed by atoms with E-state index in [2.05, 4.69) is 20.6 Å². The molecule has 11 heteroatoms. The predicted molar refractivity (Wildman–Crippen MR) is 131 cm³/mol. The number of aryl methyl sites for hydroxylation is 1. The molecule has 2 aliphatic carbocycles. The summed E-state index contributed by atoms with van der Waals surface area (Å²) in [6.07, 6.45) is -0.378. The number of hydrogen-bond donors (Lipinski definition) is 2. The van der Waals surface area contributed by atoms with Crippen molar-refractivity contribution in [1.82, 2.24) is 25.3 Å². The van der Waals surface area contributed by atoms with Crippen molar-refractivity contribution in [3.63, 3.8) is 0 Å². The van der Waals surface area contributed by atoms with Gasteiger partial charge in [0.1, 0.15) is 11.5 Å². The fourth-order valence-corrected chi connectivity index (χ4v) is 6.16. The average molecular weight is 526 g/mol. The molecule has 2 fully saturated rings. The minimum Gasteiger partial charge on any atom is -0.349 e. The largest absolute Gasteiger partial charge is 0.433 e. The number of benzene rings is 2. The quantitative estimate of drug-likeness (QED) is 0.370. The number of amides is 1. The molecule has 2 aliphatic rings. The van der Waals surface area contributed by atoms with E-state index in [-0.39, 0.29) is 39.6 Å². The van der Waals surface area contributed by atoms with Crippen molar-refractivity contribution in [1.29, 1.82) is 0 Å². The number of aromatic amines is 1. The van der Waals surface area contributed by atoms with Crippen LogP contribution >= 0.6 is 0 Å². The van der Waals surface area contributed by atoms with Crippen LogP contribution in [0, 0.1) is 11.2 Å². The lowest BCUT2D eigenvalue weighted by molar-refractivity contribution is -0.143. The molecular weight excluding hydrogens is 502 g/mol. The number of alkyl halides is 3. The summed E-state index contributed by atoms with van der Waals surface area (Å²) >= 11 is 0. The van der Waals surface area contributed by atoms with Gasteiger partial charge in [0.15, 0.2) is 0 Å². The number of aromatic nitrogens is 4. The number of carbonyl (C=O) groups excluding carboxylic acids is 1. The minimum absolute atomic E-state index is 0.0417. The number of carbonyl (C=O) groups is 1. The van der Waals surface area contributed by atoms with E-state index in [9.17, 15) is 27.2 Å². The summed E-state index contributed by atoms with van der Waals surface area (Å²) in [6.45, 7) is 0. The molecule has 2 aromatic carbocycles. The summed E-state index contributed by atoms with van der Waals surface area (Å²) < 4.78 is 55.7. The van der Waals surface area contributed by atoms with Gasteiger partial charge in [-0.15, -0.1) is 0 Å². The summed E-state index contributed by atoms with van der Waals surface area (Å²) in [5.74, 6) is -1.17. The van der Waals surface area contributed by atoms with Gasteiger partial charge in [-0.05, 0) is 49.3 Å². The predicted octanol–water partition coefficient (Wildman–Crippen LogP) is 4.94. The van der Waals surface area contributed by atoms with Crippen LogP contribution in [0.15, 0.2) is 53.5 Å². The van der Waals surface area contributed by atoms with E-state index in [1.54, 1.807) is 6.07 Å². The molecule has 1 spiro atoms. The van der Waals surface area contributed by atoms with Crippen LogP contribution in [0.3, 0.4) is 0 Å². The summed E-state index contributed by atoms with van der Waals surface area (Å²) in [5.41, 5.74) is -0.891. The standard InChI is InChI=1S/C27H23F4N5O2/c1-36-23(27(29,30)31)20(13-32-36)17-7-6-14(8-21(17)28)24(37)33-16-11-26(12-16)9-15(10-26)22-18-4-2-3-5-19(18)25(38)35-34-22/h2-8,13,15-16H,9-12H2,1H3,(H,33,37)(H,35,38)/t15-,16-,26?. The Bertz CT molecular complexity index is 1630. The zero-order chi connectivity index (χ0) is 26.8. The Hall–Kier alpha value is -4.02. The molecule has 2 heterocycles. The van der Waals surface area contributed by atoms with Crippen LogP contribution in [0.25, 0.3) is 21.9 Å². The van der Waals surface area contributed by atoms with Crippen LogP contribution in [-0.4, -0.2) is 31.9 Å². The Balaban J connectivity index is 1.10. The van der Waals surface area contributed by atoms with Gasteiger partial charge >= 0.3 is 6.18 Å². The van der Waals surface area contributed by atoms with Crippen molar-refractivity contribution in [2.24, 2.45) is 12.5 Å². The topological polar surface area (TPSA) is 92.7 Å². The maximum atomic E-state index is 14.8. The Morgan fingerprint density at radius 1 is 1.08 bits per heavy atom. The van der Waals surface area contributed by atoms with Crippen LogP contribution in [0.5, 0.6) is 0 Å². The number of halogens is 4. The zero-order valence-corrected chi connectivity index (χ0v) is 20.3. The highest BCUT2D eigenvalue weighted by atomic mass is 19.4. The van der Waals surface area contributed by atoms with Gasteiger partial charge in [0, 0.05) is 41.1 Å². The SMILES string of the molecule is Cn1ncc(-c2ccc(C(=O)N[C@H]3CC4(C3)C[C@H](c3n[nH]c(=O)c5ccccc53)C4)cc2F)c1C(F)(F)F. The van der Waals surface area contributed by atoms with Crippen LogP contribution in [0.2, 0.25) is 0 Å². The van der Waals surface area contributed by atoms with Gasteiger partial charge < -0.3 is 5.32 Å². The first-order valence-electron chi connectivity index (χ1n) is 12.2. The number of nitrogens with one attached hydrogen (secondary N) is 2. The zero-order valence-electron chi connectivity index (χ0n) is 20.3. The van der Waals surface area contributed by atoms with E-state index in [0.717, 1.165) is 56.1 Å². The lowest BCUT2D eigenvalue weighted by atomic mass is 9.49. The van der Waals surface area contributed by atoms with E-state index in [4.69, 9.17) is 0 Å². The molecule has 38 heavy (non-hydrogen) atoms. The van der Waals surface area contributed by atoms with Crippen LogP contribution < -0.4 is 10.9 Å². The minimum atomic E-state index is -4.70. The van der Waals surface area contributed by atoms with Gasteiger partial charge in [-0.1, -0.05) is 24.3 Å². The summed E-state index contributed by atoms with van der Waals surface area (Å²) in [5, 5.41) is 14.9. The van der Waals surface area contributed by atoms with E-state index >= 15 is 0 Å². The summed E-state index contributed by atoms with van der Waals surface area (Å²) in [7, 11) is 1.14. The van der Waals surface area contributed by atoms with Gasteiger partial charge in [0.25, 0.3) is 11.5 Å². The average Bonchev–Trinajstić information content (AvgIpc) is 3.22. The van der Waals surface area contributed by atoms with Gasteiger partial charge in [0.2, 0.25) is 0 Å². The molecule has 6 rings (SSSR count). The first kappa shape index (κ1) is 24.3. The van der Waals surface area contributed by atoms with Crippen molar-refractivity contribution in [2.45, 2.75) is 43.8 Å². The second kappa shape index (κ2) is 8.50. The van der Waals surface area contributed by atoms with E-state index in [1.165, 1.54) is 12.1 Å². The first-order valence-corrected chi connectivity index (χ1v) is 12.2. The van der Waals surface area contributed by atoms with Gasteiger partial charge in [-0.2, -0.15) is 23.4 Å². The number of rotatable bonds is 4. The second-order valence-electron chi connectivity index (χ2n) is 10.4. The smallest absolute Gasteiger partial charge is 0.349 e. The molecule has 0 bridgehead atoms. The molecule has 2 aromatic heterocycles. The third-order valence-corrected chi connectivity index (χ3v) is 7.89. The van der Waals surface area contributed by atoms with Crippen molar-refractivity contribution >= 4 is 16.7 Å². The first-order chi connectivity index (χ1) is 18.0. The fraction of sp³-hybridized carbons (Fsp3) is 0.333. The highest BCUT2D eigenvalue weighted by Crippen LogP contribution is 2.62. The fourth-order valence-electron chi connectivity index (χ4n) is 6.16. The summed E-state index contributed by atoms with van der Waals surface area (Å²) in [6, 6.07) is 10.8.